The molecule has 29 heteroatoms. The number of carbonyl (C=O) groups is 4. The SMILES string of the molecule is COC(=O)N[C@H](C(=O)N[C@@H](Cc1ccc(I)cc1)[C@H](CN(Cc1c(F)cc(-c2ccn(C(F)F)n2)cc1F)NC(=O)[C@@H](NC(=O)OC)C(C)(C)C(F)(F)F)OP(=O)(OC)OC)C(C)(C)C(F)(F)F. The van der Waals surface area contributed by atoms with Crippen molar-refractivity contribution in [3.05, 3.63) is 75.0 Å². The van der Waals surface area contributed by atoms with E-state index in [0.717, 1.165) is 40.7 Å². The van der Waals surface area contributed by atoms with E-state index in [0.29, 0.717) is 48.4 Å². The van der Waals surface area contributed by atoms with Crippen molar-refractivity contribution >= 4 is 54.4 Å². The number of halogens is 11. The van der Waals surface area contributed by atoms with Gasteiger partial charge in [0.15, 0.2) is 0 Å². The van der Waals surface area contributed by atoms with Crippen LogP contribution in [0.25, 0.3) is 11.3 Å². The fraction of sp³-hybridized carbons (Fsp3) is 0.513. The number of hydrogen-bond acceptors (Lipinski definition) is 12. The van der Waals surface area contributed by atoms with Crippen LogP contribution < -0.4 is 21.4 Å². The molecule has 4 atom stereocenters. The predicted molar refractivity (Wildman–Crippen MR) is 227 cm³/mol. The summed E-state index contributed by atoms with van der Waals surface area (Å²) in [7, 11) is -1.69. The summed E-state index contributed by atoms with van der Waals surface area (Å²) in [6, 6.07) is 1.42. The number of amides is 4. The molecule has 0 bridgehead atoms. The lowest BCUT2D eigenvalue weighted by molar-refractivity contribution is -0.221. The van der Waals surface area contributed by atoms with E-state index >= 15 is 8.78 Å². The van der Waals surface area contributed by atoms with Gasteiger partial charge in [-0.25, -0.2) is 32.6 Å². The van der Waals surface area contributed by atoms with Gasteiger partial charge in [-0.3, -0.25) is 28.6 Å². The number of hydrogen-bond donors (Lipinski definition) is 4. The van der Waals surface area contributed by atoms with E-state index in [1.165, 1.54) is 12.1 Å². The fourth-order valence-electron chi connectivity index (χ4n) is 6.09. The molecule has 0 aliphatic heterocycles. The molecule has 2 aromatic carbocycles. The van der Waals surface area contributed by atoms with Crippen LogP contribution in [0, 0.1) is 26.0 Å². The van der Waals surface area contributed by atoms with Crippen LogP contribution in [0.3, 0.4) is 0 Å². The van der Waals surface area contributed by atoms with Gasteiger partial charge >= 0.3 is 38.9 Å². The molecule has 0 unspecified atom stereocenters. The zero-order valence-electron chi connectivity index (χ0n) is 37.2. The lowest BCUT2D eigenvalue weighted by Gasteiger charge is -2.39. The topological polar surface area (TPSA) is 201 Å². The zero-order chi connectivity index (χ0) is 51.7. The molecule has 68 heavy (non-hydrogen) atoms. The molecule has 0 aliphatic rings. The average Bonchev–Trinajstić information content (AvgIpc) is 3.76. The third-order valence-corrected chi connectivity index (χ3v) is 12.6. The van der Waals surface area contributed by atoms with Crippen molar-refractivity contribution in [2.24, 2.45) is 10.8 Å². The van der Waals surface area contributed by atoms with Crippen molar-refractivity contribution in [2.75, 3.05) is 35.0 Å². The average molecular weight is 1120 g/mol. The van der Waals surface area contributed by atoms with Crippen molar-refractivity contribution < 1.29 is 90.7 Å². The number of nitrogens with zero attached hydrogens (tertiary/aromatic N) is 3. The first-order valence-electron chi connectivity index (χ1n) is 19.5. The second-order valence-corrected chi connectivity index (χ2v) is 18.8. The lowest BCUT2D eigenvalue weighted by Crippen LogP contribution is -2.64. The van der Waals surface area contributed by atoms with Gasteiger partial charge in [-0.2, -0.15) is 40.2 Å². The first-order chi connectivity index (χ1) is 31.3. The van der Waals surface area contributed by atoms with Gasteiger partial charge < -0.3 is 25.4 Å². The molecule has 0 spiro atoms. The van der Waals surface area contributed by atoms with Gasteiger partial charge in [-0.15, -0.1) is 0 Å². The number of hydrazine groups is 1. The van der Waals surface area contributed by atoms with Crippen LogP contribution in [0.15, 0.2) is 48.7 Å². The highest BCUT2D eigenvalue weighted by Gasteiger charge is 2.57. The lowest BCUT2D eigenvalue weighted by atomic mass is 9.82. The van der Waals surface area contributed by atoms with Crippen LogP contribution in [-0.4, -0.2) is 110 Å². The Morgan fingerprint density at radius 1 is 0.779 bits per heavy atom. The van der Waals surface area contributed by atoms with E-state index < -0.39 is 122 Å². The number of aromatic nitrogens is 2. The molecule has 4 N–H and O–H groups in total. The summed E-state index contributed by atoms with van der Waals surface area (Å²) >= 11 is 1.94. The van der Waals surface area contributed by atoms with Crippen molar-refractivity contribution in [1.82, 2.24) is 36.2 Å². The molecule has 3 rings (SSSR count). The van der Waals surface area contributed by atoms with E-state index in [9.17, 15) is 58.9 Å². The number of carbonyl (C=O) groups excluding carboxylic acids is 4. The van der Waals surface area contributed by atoms with Crippen molar-refractivity contribution in [3.8, 4) is 11.3 Å². The van der Waals surface area contributed by atoms with Gasteiger partial charge in [0.1, 0.15) is 29.8 Å². The van der Waals surface area contributed by atoms with Crippen LogP contribution in [-0.2, 0) is 50.2 Å². The normalized spacial score (nSPS) is 14.5. The smallest absolute Gasteiger partial charge is 0.453 e. The Hall–Kier alpha value is -4.77. The van der Waals surface area contributed by atoms with Gasteiger partial charge in [0.25, 0.3) is 5.91 Å². The summed E-state index contributed by atoms with van der Waals surface area (Å²) in [6.45, 7) is -3.36. The van der Waals surface area contributed by atoms with Gasteiger partial charge in [0.05, 0.1) is 36.8 Å². The Bertz CT molecular complexity index is 2260. The summed E-state index contributed by atoms with van der Waals surface area (Å²) in [5.74, 6) is -6.24. The molecule has 0 fully saturated rings. The minimum Gasteiger partial charge on any atom is -0.453 e. The maximum atomic E-state index is 16.1. The first kappa shape index (κ1) is 57.5. The number of nitrogens with one attached hydrogen (secondary N) is 4. The highest BCUT2D eigenvalue weighted by molar-refractivity contribution is 14.1. The number of phosphoric ester groups is 1. The van der Waals surface area contributed by atoms with Gasteiger partial charge in [0.2, 0.25) is 5.91 Å². The third-order valence-electron chi connectivity index (χ3n) is 10.4. The Balaban J connectivity index is 2.36. The molecule has 0 saturated carbocycles. The summed E-state index contributed by atoms with van der Waals surface area (Å²) in [4.78, 5) is 52.9. The zero-order valence-corrected chi connectivity index (χ0v) is 40.2. The minimum atomic E-state index is -5.26. The van der Waals surface area contributed by atoms with E-state index in [1.807, 2.05) is 33.3 Å². The Kier molecular flexibility index (Phi) is 19.7. The molecule has 0 saturated heterocycles. The number of benzene rings is 2. The fourth-order valence-corrected chi connectivity index (χ4v) is 7.31. The number of rotatable bonds is 21. The summed E-state index contributed by atoms with van der Waals surface area (Å²) in [5, 5.41) is 9.92. The van der Waals surface area contributed by atoms with Gasteiger partial charge in [0, 0.05) is 48.2 Å². The molecule has 1 heterocycles. The summed E-state index contributed by atoms with van der Waals surface area (Å²) in [5.41, 5.74) is -5.63. The molecule has 4 amide bonds. The number of ether oxygens (including phenoxy) is 2. The predicted octanol–water partition coefficient (Wildman–Crippen LogP) is 7.80. The molecule has 1 aromatic heterocycles. The van der Waals surface area contributed by atoms with E-state index in [4.69, 9.17) is 13.6 Å². The second-order valence-electron chi connectivity index (χ2n) is 15.7. The maximum absolute atomic E-state index is 16.1. The van der Waals surface area contributed by atoms with Crippen molar-refractivity contribution in [2.45, 2.75) is 83.8 Å². The Morgan fingerprint density at radius 2 is 1.26 bits per heavy atom. The first-order valence-corrected chi connectivity index (χ1v) is 22.0. The Morgan fingerprint density at radius 3 is 1.69 bits per heavy atom. The van der Waals surface area contributed by atoms with Crippen LogP contribution in [0.5, 0.6) is 0 Å². The van der Waals surface area contributed by atoms with E-state index in [2.05, 4.69) is 19.9 Å². The van der Waals surface area contributed by atoms with Crippen LogP contribution >= 0.6 is 30.4 Å². The van der Waals surface area contributed by atoms with Crippen molar-refractivity contribution in [1.29, 1.82) is 0 Å². The minimum absolute atomic E-state index is 0.180. The number of methoxy groups -OCH3 is 2. The third kappa shape index (κ3) is 14.6. The number of alkyl carbamates (subject to hydrolysis) is 2. The summed E-state index contributed by atoms with van der Waals surface area (Å²) < 4.78 is 185. The maximum Gasteiger partial charge on any atom is 0.474 e. The molecular formula is C39H47F10IN7O10P. The standard InChI is InChI=1S/C39H47F10IN7O10P/c1-36(2,38(44,45)46)29(52-34(60)63-5)31(58)51-27(15-20-9-11-22(50)12-10-20)28(67-68(62,65-7)66-8)19-56(55-32(59)30(53-35(61)64-6)37(3,4)39(47,48)49)18-23-24(40)16-21(17-25(23)41)26-13-14-57(54-26)33(42)43/h9-14,16-17,27-30,33H,15,18-19H2,1-8H3,(H,51,58)(H,52,60)(H,53,61)(H,55,59)/t27-,28-,29+,30+/m0/s1. The molecule has 0 aliphatic carbocycles. The van der Waals surface area contributed by atoms with Gasteiger partial charge in [-0.05, 0) is 92.6 Å². The Labute approximate surface area is 396 Å². The molecule has 0 radical (unpaired) electrons. The van der Waals surface area contributed by atoms with E-state index in [-0.39, 0.29) is 21.5 Å². The summed E-state index contributed by atoms with van der Waals surface area (Å²) in [6.07, 6.45) is -15.3. The molecular weight excluding hydrogens is 1070 g/mol. The van der Waals surface area contributed by atoms with Gasteiger partial charge in [-0.1, -0.05) is 12.1 Å². The molecule has 3 aromatic rings. The van der Waals surface area contributed by atoms with Crippen molar-refractivity contribution in [3.63, 3.8) is 0 Å². The van der Waals surface area contributed by atoms with Crippen LogP contribution in [0.4, 0.5) is 53.5 Å². The van der Waals surface area contributed by atoms with Crippen LogP contribution in [0.1, 0.15) is 45.4 Å². The molecule has 380 valence electrons. The van der Waals surface area contributed by atoms with E-state index in [1.54, 1.807) is 17.4 Å². The highest BCUT2D eigenvalue weighted by Crippen LogP contribution is 2.49. The number of phosphoric acid groups is 1. The number of alkyl halides is 8. The van der Waals surface area contributed by atoms with Crippen LogP contribution in [0.2, 0.25) is 0 Å². The quantitative estimate of drug-likeness (QED) is 0.0350. The molecule has 17 nitrogen and oxygen atoms in total. The highest BCUT2D eigenvalue weighted by atomic mass is 127. The largest absolute Gasteiger partial charge is 0.474 e. The monoisotopic (exact) mass is 1120 g/mol. The second kappa shape index (κ2) is 23.2.